The minimum absolute atomic E-state index is 0.00826. The van der Waals surface area contributed by atoms with E-state index in [0.29, 0.717) is 13.0 Å². The maximum atomic E-state index is 11.2. The van der Waals surface area contributed by atoms with Crippen LogP contribution in [0.3, 0.4) is 0 Å². The monoisotopic (exact) mass is 246 g/mol. The topological polar surface area (TPSA) is 122 Å². The van der Waals surface area contributed by atoms with E-state index in [0.717, 1.165) is 0 Å². The first-order valence-corrected chi connectivity index (χ1v) is 5.30. The molecule has 0 saturated heterocycles. The van der Waals surface area contributed by atoms with Gasteiger partial charge in [-0.3, -0.25) is 14.4 Å². The van der Waals surface area contributed by atoms with Crippen LogP contribution in [0.15, 0.2) is 0 Å². The van der Waals surface area contributed by atoms with Gasteiger partial charge in [0.2, 0.25) is 0 Å². The molecular formula is C10H18N2O5. The fraction of sp³-hybridized carbons (Fsp3) is 0.700. The fourth-order valence-electron chi connectivity index (χ4n) is 1.06. The summed E-state index contributed by atoms with van der Waals surface area (Å²) in [5.41, 5.74) is 10.5. The van der Waals surface area contributed by atoms with Crippen molar-refractivity contribution in [3.8, 4) is 0 Å². The number of esters is 3. The van der Waals surface area contributed by atoms with E-state index >= 15 is 0 Å². The Labute approximate surface area is 99.4 Å². The van der Waals surface area contributed by atoms with Gasteiger partial charge in [0.05, 0.1) is 6.42 Å². The molecule has 0 aliphatic carbocycles. The average molecular weight is 246 g/mol. The zero-order valence-electron chi connectivity index (χ0n) is 9.81. The molecule has 4 N–H and O–H groups in total. The third kappa shape index (κ3) is 8.35. The van der Waals surface area contributed by atoms with Gasteiger partial charge in [-0.1, -0.05) is 0 Å². The van der Waals surface area contributed by atoms with Crippen LogP contribution < -0.4 is 11.5 Å². The Hall–Kier alpha value is -1.47. The normalized spacial score (nSPS) is 11.7. The molecule has 98 valence electrons. The van der Waals surface area contributed by atoms with Gasteiger partial charge in [-0.25, -0.2) is 0 Å². The number of nitrogens with two attached hydrogens (primary N) is 2. The standard InChI is InChI=1S/C10H18N2O5/c1-7(13)16-8(6-12)5-10(15)17-9(14)3-2-4-11/h8H,2-6,11-12H2,1H3/t8-/m1/s1. The van der Waals surface area contributed by atoms with Crippen LogP contribution in [0.1, 0.15) is 26.2 Å². The maximum absolute atomic E-state index is 11.2. The summed E-state index contributed by atoms with van der Waals surface area (Å²) in [6.45, 7) is 1.55. The molecule has 0 fully saturated rings. The van der Waals surface area contributed by atoms with Gasteiger partial charge in [0.1, 0.15) is 6.10 Å². The van der Waals surface area contributed by atoms with Crippen LogP contribution in [0.5, 0.6) is 0 Å². The largest absolute Gasteiger partial charge is 0.461 e. The molecule has 0 aromatic heterocycles. The van der Waals surface area contributed by atoms with Gasteiger partial charge in [-0.05, 0) is 13.0 Å². The number of hydrogen-bond acceptors (Lipinski definition) is 7. The van der Waals surface area contributed by atoms with Crippen LogP contribution in [-0.2, 0) is 23.9 Å². The van der Waals surface area contributed by atoms with E-state index in [4.69, 9.17) is 16.2 Å². The van der Waals surface area contributed by atoms with E-state index in [1.165, 1.54) is 6.92 Å². The third-order valence-electron chi connectivity index (χ3n) is 1.80. The summed E-state index contributed by atoms with van der Waals surface area (Å²) in [7, 11) is 0. The van der Waals surface area contributed by atoms with Gasteiger partial charge in [0.15, 0.2) is 0 Å². The van der Waals surface area contributed by atoms with Crippen molar-refractivity contribution in [2.75, 3.05) is 13.1 Å². The van der Waals surface area contributed by atoms with Gasteiger partial charge in [0.25, 0.3) is 0 Å². The first-order chi connectivity index (χ1) is 7.99. The zero-order chi connectivity index (χ0) is 13.3. The van der Waals surface area contributed by atoms with E-state index in [-0.39, 0.29) is 19.4 Å². The molecule has 0 bridgehead atoms. The van der Waals surface area contributed by atoms with Gasteiger partial charge in [0, 0.05) is 19.9 Å². The molecule has 0 aromatic carbocycles. The molecule has 1 atom stereocenters. The second kappa shape index (κ2) is 8.66. The van der Waals surface area contributed by atoms with Crippen LogP contribution >= 0.6 is 0 Å². The Morgan fingerprint density at radius 2 is 1.82 bits per heavy atom. The Morgan fingerprint density at radius 3 is 2.29 bits per heavy atom. The smallest absolute Gasteiger partial charge is 0.317 e. The van der Waals surface area contributed by atoms with E-state index in [2.05, 4.69) is 4.74 Å². The molecular weight excluding hydrogens is 228 g/mol. The summed E-state index contributed by atoms with van der Waals surface area (Å²) in [6.07, 6.45) is -0.452. The third-order valence-corrected chi connectivity index (χ3v) is 1.80. The van der Waals surface area contributed by atoms with Gasteiger partial charge in [-0.2, -0.15) is 0 Å². The molecule has 7 nitrogen and oxygen atoms in total. The number of rotatable bonds is 7. The lowest BCUT2D eigenvalue weighted by Crippen LogP contribution is -2.29. The molecule has 0 amide bonds. The Morgan fingerprint density at radius 1 is 1.18 bits per heavy atom. The van der Waals surface area contributed by atoms with E-state index in [9.17, 15) is 14.4 Å². The molecule has 7 heteroatoms. The van der Waals surface area contributed by atoms with Crippen LogP contribution in [0, 0.1) is 0 Å². The lowest BCUT2D eigenvalue weighted by Gasteiger charge is -2.13. The summed E-state index contributed by atoms with van der Waals surface area (Å²) in [5, 5.41) is 0. The highest BCUT2D eigenvalue weighted by molar-refractivity contribution is 5.85. The number of hydrogen-bond donors (Lipinski definition) is 2. The van der Waals surface area contributed by atoms with E-state index < -0.39 is 24.0 Å². The van der Waals surface area contributed by atoms with Crippen molar-refractivity contribution in [2.45, 2.75) is 32.3 Å². The second-order valence-electron chi connectivity index (χ2n) is 3.41. The van der Waals surface area contributed by atoms with Crippen molar-refractivity contribution in [1.29, 1.82) is 0 Å². The zero-order valence-corrected chi connectivity index (χ0v) is 9.81. The highest BCUT2D eigenvalue weighted by Gasteiger charge is 2.18. The summed E-state index contributed by atoms with van der Waals surface area (Å²) in [5.74, 6) is -1.94. The number of ether oxygens (including phenoxy) is 2. The first kappa shape index (κ1) is 15.5. The van der Waals surface area contributed by atoms with Crippen LogP contribution in [0.4, 0.5) is 0 Å². The number of carbonyl (C=O) groups excluding carboxylic acids is 3. The van der Waals surface area contributed by atoms with Crippen LogP contribution in [0.2, 0.25) is 0 Å². The molecule has 0 rings (SSSR count). The van der Waals surface area contributed by atoms with Gasteiger partial charge in [-0.15, -0.1) is 0 Å². The predicted molar refractivity (Wildman–Crippen MR) is 58.6 cm³/mol. The van der Waals surface area contributed by atoms with E-state index in [1.54, 1.807) is 0 Å². The van der Waals surface area contributed by atoms with Gasteiger partial charge >= 0.3 is 17.9 Å². The molecule has 0 unspecified atom stereocenters. The van der Waals surface area contributed by atoms with Crippen molar-refractivity contribution in [2.24, 2.45) is 11.5 Å². The minimum atomic E-state index is -0.762. The Bertz CT molecular complexity index is 280. The first-order valence-electron chi connectivity index (χ1n) is 5.30. The Balaban J connectivity index is 3.97. The molecule has 0 aliphatic rings. The molecule has 17 heavy (non-hydrogen) atoms. The summed E-state index contributed by atoms with van der Waals surface area (Å²) >= 11 is 0. The average Bonchev–Trinajstić information content (AvgIpc) is 2.24. The van der Waals surface area contributed by atoms with E-state index in [1.807, 2.05) is 0 Å². The van der Waals surface area contributed by atoms with Crippen molar-refractivity contribution >= 4 is 17.9 Å². The molecule has 0 saturated carbocycles. The minimum Gasteiger partial charge on any atom is -0.461 e. The van der Waals surface area contributed by atoms with Gasteiger partial charge < -0.3 is 20.9 Å². The molecule has 0 radical (unpaired) electrons. The highest BCUT2D eigenvalue weighted by atomic mass is 16.6. The molecule has 0 aliphatic heterocycles. The van der Waals surface area contributed by atoms with Crippen LogP contribution in [-0.4, -0.2) is 37.1 Å². The molecule has 0 spiro atoms. The lowest BCUT2D eigenvalue weighted by atomic mass is 10.2. The van der Waals surface area contributed by atoms with Crippen molar-refractivity contribution < 1.29 is 23.9 Å². The summed E-state index contributed by atoms with van der Waals surface area (Å²) < 4.78 is 9.22. The fourth-order valence-corrected chi connectivity index (χ4v) is 1.06. The number of carbonyl (C=O) groups is 3. The summed E-state index contributed by atoms with van der Waals surface area (Å²) in [4.78, 5) is 33.0. The quantitative estimate of drug-likeness (QED) is 0.439. The lowest BCUT2D eigenvalue weighted by molar-refractivity contribution is -0.162. The molecule has 0 heterocycles. The predicted octanol–water partition coefficient (Wildman–Crippen LogP) is -0.924. The second-order valence-corrected chi connectivity index (χ2v) is 3.41. The van der Waals surface area contributed by atoms with Crippen LogP contribution in [0.25, 0.3) is 0 Å². The van der Waals surface area contributed by atoms with Crippen molar-refractivity contribution in [1.82, 2.24) is 0 Å². The van der Waals surface area contributed by atoms with Crippen molar-refractivity contribution in [3.63, 3.8) is 0 Å². The maximum Gasteiger partial charge on any atom is 0.317 e. The highest BCUT2D eigenvalue weighted by Crippen LogP contribution is 2.01. The molecule has 0 aromatic rings. The summed E-state index contributed by atoms with van der Waals surface area (Å²) in [6, 6.07) is 0. The van der Waals surface area contributed by atoms with Crippen molar-refractivity contribution in [3.05, 3.63) is 0 Å². The SMILES string of the molecule is CC(=O)O[C@@H](CN)CC(=O)OC(=O)CCCN. The Kier molecular flexibility index (Phi) is 7.91.